The topological polar surface area (TPSA) is 115 Å². The minimum atomic E-state index is -5.28. The lowest BCUT2D eigenvalue weighted by molar-refractivity contribution is -0.274. The number of anilines is 1. The van der Waals surface area contributed by atoms with Crippen molar-refractivity contribution in [2.75, 3.05) is 18.8 Å². The van der Waals surface area contributed by atoms with Crippen LogP contribution >= 0.6 is 0 Å². The fourth-order valence-electron chi connectivity index (χ4n) is 4.99. The number of carbonyl (C=O) groups excluding carboxylic acids is 2. The van der Waals surface area contributed by atoms with Crippen LogP contribution in [-0.2, 0) is 11.0 Å². The van der Waals surface area contributed by atoms with Gasteiger partial charge < -0.3 is 20.7 Å². The minimum Gasteiger partial charge on any atom is -0.405 e. The minimum absolute atomic E-state index is 0.218. The SMILES string of the molecule is Nc1ncnn2c(-c3ccc(OC(F)(F)F)c(C(=O)N[C@@H]4CN(C(=O)C5CC(F)(F)C5)C[C@@H]4F)c3)cc(C(F)(F)F)c12. The highest BCUT2D eigenvalue weighted by Gasteiger charge is 2.51. The number of alkyl halides is 9. The average molecular weight is 610 g/mol. The van der Waals surface area contributed by atoms with E-state index in [4.69, 9.17) is 5.73 Å². The van der Waals surface area contributed by atoms with Crippen molar-refractivity contribution < 1.29 is 53.8 Å². The number of nitrogens with zero attached hydrogens (tertiary/aromatic N) is 4. The van der Waals surface area contributed by atoms with Crippen LogP contribution < -0.4 is 15.8 Å². The van der Waals surface area contributed by atoms with Crippen molar-refractivity contribution in [1.82, 2.24) is 24.8 Å². The van der Waals surface area contributed by atoms with Crippen LogP contribution in [0.15, 0.2) is 30.6 Å². The molecule has 1 aliphatic carbocycles. The van der Waals surface area contributed by atoms with Gasteiger partial charge in [0.25, 0.3) is 5.91 Å². The van der Waals surface area contributed by atoms with E-state index in [2.05, 4.69) is 20.1 Å². The van der Waals surface area contributed by atoms with Gasteiger partial charge >= 0.3 is 12.5 Å². The maximum Gasteiger partial charge on any atom is 0.573 e. The summed E-state index contributed by atoms with van der Waals surface area (Å²) in [5.74, 6) is -7.68. The quantitative estimate of drug-likeness (QED) is 0.419. The fraction of sp³-hybridized carbons (Fsp3) is 0.417. The molecule has 1 aliphatic heterocycles. The Morgan fingerprint density at radius 1 is 1.07 bits per heavy atom. The Kier molecular flexibility index (Phi) is 6.92. The zero-order valence-electron chi connectivity index (χ0n) is 20.9. The summed E-state index contributed by atoms with van der Waals surface area (Å²) in [6.07, 6.45) is -12.7. The summed E-state index contributed by atoms with van der Waals surface area (Å²) in [6.45, 7) is -0.993. The van der Waals surface area contributed by atoms with Crippen LogP contribution in [-0.4, -0.2) is 68.9 Å². The second-order valence-corrected chi connectivity index (χ2v) is 9.91. The molecule has 1 saturated heterocycles. The Labute approximate surface area is 229 Å². The number of rotatable bonds is 5. The molecule has 3 heterocycles. The highest BCUT2D eigenvalue weighted by molar-refractivity contribution is 5.98. The number of nitrogens with one attached hydrogen (secondary N) is 1. The van der Waals surface area contributed by atoms with Crippen molar-refractivity contribution >= 4 is 23.1 Å². The molecule has 3 aromatic rings. The molecule has 3 N–H and O–H groups in total. The molecule has 5 rings (SSSR count). The lowest BCUT2D eigenvalue weighted by atomic mass is 9.80. The Balaban J connectivity index is 1.46. The zero-order valence-corrected chi connectivity index (χ0v) is 20.9. The Hall–Kier alpha value is -4.25. The number of nitrogens with two attached hydrogens (primary N) is 1. The molecule has 18 heteroatoms. The Bertz CT molecular complexity index is 1550. The van der Waals surface area contributed by atoms with Gasteiger partial charge in [-0.1, -0.05) is 0 Å². The van der Waals surface area contributed by atoms with Gasteiger partial charge in [0.1, 0.15) is 23.8 Å². The van der Waals surface area contributed by atoms with Gasteiger partial charge in [-0.05, 0) is 24.3 Å². The van der Waals surface area contributed by atoms with E-state index in [1.807, 2.05) is 0 Å². The first-order valence-corrected chi connectivity index (χ1v) is 12.1. The van der Waals surface area contributed by atoms with Crippen molar-refractivity contribution in [2.24, 2.45) is 5.92 Å². The largest absolute Gasteiger partial charge is 0.573 e. The van der Waals surface area contributed by atoms with Crippen LogP contribution in [0.4, 0.5) is 45.3 Å². The molecule has 0 bridgehead atoms. The van der Waals surface area contributed by atoms with E-state index >= 15 is 0 Å². The number of nitrogen functional groups attached to an aromatic ring is 1. The summed E-state index contributed by atoms with van der Waals surface area (Å²) in [7, 11) is 0. The fourth-order valence-corrected chi connectivity index (χ4v) is 4.99. The Morgan fingerprint density at radius 3 is 2.38 bits per heavy atom. The van der Waals surface area contributed by atoms with Gasteiger partial charge in [-0.15, -0.1) is 13.2 Å². The molecule has 1 saturated carbocycles. The number of ether oxygens (including phenoxy) is 1. The summed E-state index contributed by atoms with van der Waals surface area (Å²) in [4.78, 5) is 30.0. The first-order valence-electron chi connectivity index (χ1n) is 12.1. The van der Waals surface area contributed by atoms with E-state index in [0.29, 0.717) is 12.1 Å². The molecule has 2 fully saturated rings. The molecule has 0 unspecified atom stereocenters. The summed E-state index contributed by atoms with van der Waals surface area (Å²) in [6, 6.07) is 1.61. The monoisotopic (exact) mass is 610 g/mol. The standard InChI is InChI=1S/C24H19F9N6O3/c25-14-7-38(21(41)11-5-22(26,27)6-11)8-15(14)37-20(40)12-3-10(1-2-17(12)42-24(31,32)33)16-4-13(23(28,29)30)18-19(34)35-9-36-39(16)18/h1-4,9,11,14-15H,5-8H2,(H,37,40)(H2,34,35,36)/t14-,15+/m0/s1. The number of amides is 2. The zero-order chi connectivity index (χ0) is 30.8. The van der Waals surface area contributed by atoms with Gasteiger partial charge in [0.15, 0.2) is 5.82 Å². The number of hydrogen-bond acceptors (Lipinski definition) is 6. The molecular formula is C24H19F9N6O3. The number of halogens is 9. The molecule has 1 aromatic carbocycles. The summed E-state index contributed by atoms with van der Waals surface area (Å²) in [5.41, 5.74) is 2.36. The van der Waals surface area contributed by atoms with E-state index in [1.165, 1.54) is 0 Å². The van der Waals surface area contributed by atoms with Crippen molar-refractivity contribution in [3.63, 3.8) is 0 Å². The number of hydrogen-bond donors (Lipinski definition) is 2. The third-order valence-electron chi connectivity index (χ3n) is 6.95. The summed E-state index contributed by atoms with van der Waals surface area (Å²) >= 11 is 0. The molecule has 2 aromatic heterocycles. The predicted molar refractivity (Wildman–Crippen MR) is 125 cm³/mol. The highest BCUT2D eigenvalue weighted by atomic mass is 19.4. The van der Waals surface area contributed by atoms with Crippen LogP contribution in [0.5, 0.6) is 5.75 Å². The molecule has 0 spiro atoms. The Morgan fingerprint density at radius 2 is 1.76 bits per heavy atom. The van der Waals surface area contributed by atoms with Crippen LogP contribution in [0.1, 0.15) is 28.8 Å². The maximum absolute atomic E-state index is 14.8. The molecule has 226 valence electrons. The van der Waals surface area contributed by atoms with Gasteiger partial charge in [0.05, 0.1) is 29.4 Å². The molecule has 2 amide bonds. The molecule has 42 heavy (non-hydrogen) atoms. The molecule has 0 radical (unpaired) electrons. The van der Waals surface area contributed by atoms with E-state index in [9.17, 15) is 49.1 Å². The van der Waals surface area contributed by atoms with Crippen molar-refractivity contribution in [3.8, 4) is 17.0 Å². The van der Waals surface area contributed by atoms with Crippen LogP contribution in [0.3, 0.4) is 0 Å². The maximum atomic E-state index is 14.8. The number of benzene rings is 1. The van der Waals surface area contributed by atoms with Crippen molar-refractivity contribution in [3.05, 3.63) is 41.7 Å². The van der Waals surface area contributed by atoms with Gasteiger partial charge in [0.2, 0.25) is 11.8 Å². The van der Waals surface area contributed by atoms with E-state index < -0.39 is 103 Å². The van der Waals surface area contributed by atoms with E-state index in [1.54, 1.807) is 0 Å². The second kappa shape index (κ2) is 9.94. The summed E-state index contributed by atoms with van der Waals surface area (Å²) < 4.78 is 126. The van der Waals surface area contributed by atoms with Gasteiger partial charge in [-0.3, -0.25) is 9.59 Å². The lowest BCUT2D eigenvalue weighted by Gasteiger charge is -2.36. The normalized spacial score (nSPS) is 20.9. The van der Waals surface area contributed by atoms with Crippen LogP contribution in [0.2, 0.25) is 0 Å². The summed E-state index contributed by atoms with van der Waals surface area (Å²) in [5, 5.41) is 5.91. The van der Waals surface area contributed by atoms with E-state index in [-0.39, 0.29) is 11.3 Å². The van der Waals surface area contributed by atoms with Gasteiger partial charge in [0, 0.05) is 30.9 Å². The molecule has 2 atom stereocenters. The van der Waals surface area contributed by atoms with Crippen molar-refractivity contribution in [1.29, 1.82) is 0 Å². The molecule has 2 aliphatic rings. The third kappa shape index (κ3) is 5.61. The number of fused-ring (bicyclic) bond motifs is 1. The predicted octanol–water partition coefficient (Wildman–Crippen LogP) is 4.22. The average Bonchev–Trinajstić information content (AvgIpc) is 3.43. The smallest absolute Gasteiger partial charge is 0.405 e. The van der Waals surface area contributed by atoms with Gasteiger partial charge in [-0.2, -0.15) is 18.3 Å². The van der Waals surface area contributed by atoms with Crippen molar-refractivity contribution in [2.45, 2.75) is 43.5 Å². The first kappa shape index (κ1) is 29.2. The molecular weight excluding hydrogens is 591 g/mol. The third-order valence-corrected chi connectivity index (χ3v) is 6.95. The number of carbonyl (C=O) groups is 2. The number of likely N-dealkylation sites (tertiary alicyclic amines) is 1. The molecule has 9 nitrogen and oxygen atoms in total. The highest BCUT2D eigenvalue weighted by Crippen LogP contribution is 2.44. The second-order valence-electron chi connectivity index (χ2n) is 9.91. The first-order chi connectivity index (χ1) is 19.4. The number of aromatic nitrogens is 3. The van der Waals surface area contributed by atoms with Crippen LogP contribution in [0.25, 0.3) is 16.8 Å². The van der Waals surface area contributed by atoms with Gasteiger partial charge in [-0.25, -0.2) is 22.7 Å². The van der Waals surface area contributed by atoms with E-state index in [0.717, 1.165) is 27.9 Å². The van der Waals surface area contributed by atoms with Crippen LogP contribution in [0, 0.1) is 5.92 Å². The lowest BCUT2D eigenvalue weighted by Crippen LogP contribution is -2.47.